The number of nitrogens with zero attached hydrogens (tertiary/aromatic N) is 6. The molecule has 0 saturated carbocycles. The number of hydrogen-bond acceptors (Lipinski definition) is 5. The average molecular weight is 336 g/mol. The van der Waals surface area contributed by atoms with Crippen LogP contribution in [0.25, 0.3) is 5.65 Å². The molecule has 3 aromatic rings. The van der Waals surface area contributed by atoms with E-state index < -0.39 is 0 Å². The molecule has 1 aliphatic rings. The Morgan fingerprint density at radius 3 is 2.48 bits per heavy atom. The van der Waals surface area contributed by atoms with Crippen molar-refractivity contribution < 1.29 is 4.79 Å². The quantitative estimate of drug-likeness (QED) is 0.715. The first-order chi connectivity index (χ1) is 12.0. The highest BCUT2D eigenvalue weighted by Gasteiger charge is 2.27. The van der Waals surface area contributed by atoms with Crippen LogP contribution in [0.5, 0.6) is 0 Å². The maximum Gasteiger partial charge on any atom is 0.246 e. The van der Waals surface area contributed by atoms with E-state index in [-0.39, 0.29) is 5.91 Å². The molecule has 0 atom stereocenters. The van der Waals surface area contributed by atoms with E-state index in [0.29, 0.717) is 18.7 Å². The Hall–Kier alpha value is -2.96. The number of fused-ring (bicyclic) bond motifs is 1. The fourth-order valence-electron chi connectivity index (χ4n) is 3.42. The Bertz CT molecular complexity index is 943. The predicted octanol–water partition coefficient (Wildman–Crippen LogP) is 1.90. The van der Waals surface area contributed by atoms with E-state index in [4.69, 9.17) is 0 Å². The molecule has 25 heavy (non-hydrogen) atoms. The number of benzene rings is 1. The molecule has 0 aliphatic carbocycles. The molecule has 1 aromatic carbocycles. The summed E-state index contributed by atoms with van der Waals surface area (Å²) in [7, 11) is 0. The van der Waals surface area contributed by atoms with Crippen LogP contribution >= 0.6 is 0 Å². The molecule has 1 amide bonds. The maximum absolute atomic E-state index is 12.8. The lowest BCUT2D eigenvalue weighted by molar-refractivity contribution is -0.117. The number of anilines is 2. The van der Waals surface area contributed by atoms with E-state index in [1.165, 1.54) is 11.1 Å². The van der Waals surface area contributed by atoms with E-state index in [0.717, 1.165) is 23.6 Å². The molecule has 1 saturated heterocycles. The zero-order chi connectivity index (χ0) is 17.6. The summed E-state index contributed by atoms with van der Waals surface area (Å²) in [6.45, 7) is 7.74. The molecule has 0 N–H and O–H groups in total. The van der Waals surface area contributed by atoms with E-state index in [1.807, 2.05) is 17.9 Å². The second kappa shape index (κ2) is 5.84. The van der Waals surface area contributed by atoms with Crippen LogP contribution in [0.1, 0.15) is 16.8 Å². The summed E-state index contributed by atoms with van der Waals surface area (Å²) < 4.78 is 1.66. The fraction of sp³-hybridized carbons (Fsp3) is 0.333. The summed E-state index contributed by atoms with van der Waals surface area (Å²) in [6.07, 6.45) is 1.58. The Morgan fingerprint density at radius 2 is 1.76 bits per heavy atom. The monoisotopic (exact) mass is 336 g/mol. The highest BCUT2D eigenvalue weighted by molar-refractivity contribution is 5.98. The number of aromatic nitrogens is 4. The summed E-state index contributed by atoms with van der Waals surface area (Å²) in [5.74, 6) is 0.0865. The Kier molecular flexibility index (Phi) is 3.63. The van der Waals surface area contributed by atoms with Crippen molar-refractivity contribution in [1.82, 2.24) is 19.8 Å². The van der Waals surface area contributed by atoms with Gasteiger partial charge in [0.1, 0.15) is 6.33 Å². The SMILES string of the molecule is Cc1cc(C)cc(N2CCN(c3cc(C)nn4cnnc34)CC2=O)c1. The largest absolute Gasteiger partial charge is 0.357 e. The zero-order valence-electron chi connectivity index (χ0n) is 14.6. The van der Waals surface area contributed by atoms with Gasteiger partial charge in [0.25, 0.3) is 0 Å². The van der Waals surface area contributed by atoms with Gasteiger partial charge in [0.15, 0.2) is 0 Å². The third kappa shape index (κ3) is 2.82. The number of amides is 1. The van der Waals surface area contributed by atoms with Gasteiger partial charge in [0.05, 0.1) is 17.9 Å². The van der Waals surface area contributed by atoms with Crippen molar-refractivity contribution in [1.29, 1.82) is 0 Å². The van der Waals surface area contributed by atoms with E-state index in [9.17, 15) is 4.79 Å². The molecule has 1 fully saturated rings. The molecule has 4 rings (SSSR count). The predicted molar refractivity (Wildman–Crippen MR) is 96.0 cm³/mol. The van der Waals surface area contributed by atoms with Gasteiger partial charge in [0.2, 0.25) is 11.6 Å². The van der Waals surface area contributed by atoms with Gasteiger partial charge in [-0.05, 0) is 50.1 Å². The lowest BCUT2D eigenvalue weighted by atomic mass is 10.1. The first kappa shape index (κ1) is 15.6. The lowest BCUT2D eigenvalue weighted by Gasteiger charge is -2.35. The molecule has 7 heteroatoms. The van der Waals surface area contributed by atoms with Crippen molar-refractivity contribution >= 4 is 22.9 Å². The maximum atomic E-state index is 12.8. The molecule has 0 bridgehead atoms. The minimum atomic E-state index is 0.0865. The Morgan fingerprint density at radius 1 is 1.00 bits per heavy atom. The van der Waals surface area contributed by atoms with Gasteiger partial charge in [-0.25, -0.2) is 0 Å². The number of rotatable bonds is 2. The molecule has 128 valence electrons. The lowest BCUT2D eigenvalue weighted by Crippen LogP contribution is -2.50. The van der Waals surface area contributed by atoms with Crippen LogP contribution in [0.2, 0.25) is 0 Å². The molecular formula is C18H20N6O. The molecule has 0 unspecified atom stereocenters. The summed E-state index contributed by atoms with van der Waals surface area (Å²) in [6, 6.07) is 8.21. The van der Waals surface area contributed by atoms with Gasteiger partial charge in [-0.15, -0.1) is 10.2 Å². The van der Waals surface area contributed by atoms with Gasteiger partial charge in [-0.2, -0.15) is 9.61 Å². The number of carbonyl (C=O) groups excluding carboxylic acids is 1. The smallest absolute Gasteiger partial charge is 0.246 e. The normalized spacial score (nSPS) is 15.2. The highest BCUT2D eigenvalue weighted by atomic mass is 16.2. The number of aryl methyl sites for hydroxylation is 3. The molecule has 0 spiro atoms. The molecule has 7 nitrogen and oxygen atoms in total. The minimum Gasteiger partial charge on any atom is -0.357 e. The standard InChI is InChI=1S/C18H20N6O/c1-12-6-13(2)8-15(7-12)23-5-4-22(10-17(23)25)16-9-14(3)21-24-11-19-20-18(16)24/h6-9,11H,4-5,10H2,1-3H3. The van der Waals surface area contributed by atoms with E-state index in [2.05, 4.69) is 52.2 Å². The first-order valence-corrected chi connectivity index (χ1v) is 8.32. The fourth-order valence-corrected chi connectivity index (χ4v) is 3.42. The third-order valence-electron chi connectivity index (χ3n) is 4.45. The van der Waals surface area contributed by atoms with Crippen molar-refractivity contribution in [3.8, 4) is 0 Å². The van der Waals surface area contributed by atoms with Crippen molar-refractivity contribution in [2.45, 2.75) is 20.8 Å². The summed E-state index contributed by atoms with van der Waals surface area (Å²) in [4.78, 5) is 16.7. The van der Waals surface area contributed by atoms with Gasteiger partial charge >= 0.3 is 0 Å². The van der Waals surface area contributed by atoms with Crippen LogP contribution in [0.4, 0.5) is 11.4 Å². The van der Waals surface area contributed by atoms with Crippen LogP contribution in [-0.4, -0.2) is 45.4 Å². The van der Waals surface area contributed by atoms with Crippen molar-refractivity contribution in [3.05, 3.63) is 47.4 Å². The van der Waals surface area contributed by atoms with Gasteiger partial charge in [-0.3, -0.25) is 4.79 Å². The first-order valence-electron chi connectivity index (χ1n) is 8.32. The van der Waals surface area contributed by atoms with Crippen LogP contribution in [0.15, 0.2) is 30.6 Å². The summed E-state index contributed by atoms with van der Waals surface area (Å²) >= 11 is 0. The van der Waals surface area contributed by atoms with Crippen molar-refractivity contribution in [2.75, 3.05) is 29.4 Å². The number of piperazine rings is 1. The van der Waals surface area contributed by atoms with Crippen LogP contribution in [-0.2, 0) is 4.79 Å². The molecular weight excluding hydrogens is 316 g/mol. The second-order valence-corrected chi connectivity index (χ2v) is 6.58. The van der Waals surface area contributed by atoms with Crippen LogP contribution < -0.4 is 9.80 Å². The van der Waals surface area contributed by atoms with Crippen molar-refractivity contribution in [3.63, 3.8) is 0 Å². The molecule has 3 heterocycles. The summed E-state index contributed by atoms with van der Waals surface area (Å²) in [5, 5.41) is 12.4. The van der Waals surface area contributed by atoms with Crippen LogP contribution in [0, 0.1) is 20.8 Å². The van der Waals surface area contributed by atoms with E-state index >= 15 is 0 Å². The number of carbonyl (C=O) groups is 1. The number of hydrogen-bond donors (Lipinski definition) is 0. The highest BCUT2D eigenvalue weighted by Crippen LogP contribution is 2.25. The second-order valence-electron chi connectivity index (χ2n) is 6.58. The topological polar surface area (TPSA) is 66.6 Å². The molecule has 2 aromatic heterocycles. The molecule has 0 radical (unpaired) electrons. The van der Waals surface area contributed by atoms with Gasteiger partial charge < -0.3 is 9.80 Å². The molecule has 1 aliphatic heterocycles. The Balaban J connectivity index is 1.63. The van der Waals surface area contributed by atoms with Crippen molar-refractivity contribution in [2.24, 2.45) is 0 Å². The van der Waals surface area contributed by atoms with E-state index in [1.54, 1.807) is 10.8 Å². The summed E-state index contributed by atoms with van der Waals surface area (Å²) in [5.41, 5.74) is 5.75. The Labute approximate surface area is 145 Å². The van der Waals surface area contributed by atoms with Crippen LogP contribution in [0.3, 0.4) is 0 Å². The van der Waals surface area contributed by atoms with Gasteiger partial charge in [-0.1, -0.05) is 6.07 Å². The zero-order valence-corrected chi connectivity index (χ0v) is 14.6. The minimum absolute atomic E-state index is 0.0865. The van der Waals surface area contributed by atoms with Gasteiger partial charge in [0, 0.05) is 18.8 Å². The average Bonchev–Trinajstić information content (AvgIpc) is 3.01. The third-order valence-corrected chi connectivity index (χ3v) is 4.45.